The number of benzene rings is 2. The molecular formula is C12H11Si2. The third kappa shape index (κ3) is 2.03. The van der Waals surface area contributed by atoms with E-state index < -0.39 is 7.89 Å². The summed E-state index contributed by atoms with van der Waals surface area (Å²) in [5, 5.41) is 2.88. The highest BCUT2D eigenvalue weighted by molar-refractivity contribution is 6.96. The molecule has 2 rings (SSSR count). The van der Waals surface area contributed by atoms with E-state index in [0.717, 1.165) is 0 Å². The second-order valence-electron chi connectivity index (χ2n) is 3.15. The molecule has 0 aliphatic rings. The minimum atomic E-state index is -0.628. The van der Waals surface area contributed by atoms with Crippen LogP contribution in [0.25, 0.3) is 0 Å². The lowest BCUT2D eigenvalue weighted by molar-refractivity contribution is 1.74. The van der Waals surface area contributed by atoms with Gasteiger partial charge in [-0.2, -0.15) is 0 Å². The second kappa shape index (κ2) is 4.39. The van der Waals surface area contributed by atoms with Gasteiger partial charge in [0.2, 0.25) is 0 Å². The third-order valence-electron chi connectivity index (χ3n) is 2.17. The minimum Gasteiger partial charge on any atom is -0.0623 e. The van der Waals surface area contributed by atoms with E-state index in [-0.39, 0.29) is 0 Å². The van der Waals surface area contributed by atoms with Crippen molar-refractivity contribution in [2.45, 2.75) is 0 Å². The molecule has 0 aliphatic carbocycles. The maximum Gasteiger partial charge on any atom is 0.0543 e. The molecule has 0 bridgehead atoms. The molecule has 2 heteroatoms. The lowest BCUT2D eigenvalue weighted by Crippen LogP contribution is -2.34. The maximum absolute atomic E-state index is 2.99. The van der Waals surface area contributed by atoms with Crippen molar-refractivity contribution in [1.29, 1.82) is 0 Å². The van der Waals surface area contributed by atoms with Crippen LogP contribution in [0.4, 0.5) is 0 Å². The molecule has 0 amide bonds. The Kier molecular flexibility index (Phi) is 2.96. The Morgan fingerprint density at radius 1 is 0.643 bits per heavy atom. The number of hydrogen-bond donors (Lipinski definition) is 0. The molecule has 14 heavy (non-hydrogen) atoms. The zero-order valence-corrected chi connectivity index (χ0v) is 10.0. The molecule has 0 nitrogen and oxygen atoms in total. The molecule has 0 saturated heterocycles. The van der Waals surface area contributed by atoms with E-state index in [1.165, 1.54) is 10.4 Å². The zero-order valence-electron chi connectivity index (χ0n) is 7.85. The predicted molar refractivity (Wildman–Crippen MR) is 65.1 cm³/mol. The van der Waals surface area contributed by atoms with E-state index in [9.17, 15) is 0 Å². The summed E-state index contributed by atoms with van der Waals surface area (Å²) in [6, 6.07) is 21.4. The van der Waals surface area contributed by atoms with Gasteiger partial charge in [-0.15, -0.1) is 0 Å². The summed E-state index contributed by atoms with van der Waals surface area (Å²) in [4.78, 5) is 0. The van der Waals surface area contributed by atoms with Crippen molar-refractivity contribution >= 4 is 27.6 Å². The normalized spacial score (nSPS) is 9.71. The molecule has 0 aromatic heterocycles. The van der Waals surface area contributed by atoms with Gasteiger partial charge in [-0.05, 0) is 19.7 Å². The standard InChI is InChI=1S/C12H11Si2/c13-14(11-7-3-1-4-8-11)12-9-5-2-6-10-12/h1-10,13H. The van der Waals surface area contributed by atoms with Gasteiger partial charge in [0.15, 0.2) is 0 Å². The molecule has 0 heterocycles. The fourth-order valence-corrected chi connectivity index (χ4v) is 3.99. The fourth-order valence-electron chi connectivity index (χ4n) is 1.40. The average Bonchev–Trinajstić information content (AvgIpc) is 2.30. The molecule has 0 saturated carbocycles. The average molecular weight is 211 g/mol. The van der Waals surface area contributed by atoms with Crippen molar-refractivity contribution < 1.29 is 0 Å². The van der Waals surface area contributed by atoms with Crippen LogP contribution in [0.3, 0.4) is 0 Å². The first-order valence-electron chi connectivity index (χ1n) is 4.61. The van der Waals surface area contributed by atoms with Crippen molar-refractivity contribution in [1.82, 2.24) is 0 Å². The third-order valence-corrected chi connectivity index (χ3v) is 6.08. The van der Waals surface area contributed by atoms with E-state index >= 15 is 0 Å². The van der Waals surface area contributed by atoms with Crippen molar-refractivity contribution in [2.75, 3.05) is 0 Å². The number of rotatable bonds is 2. The van der Waals surface area contributed by atoms with Crippen molar-refractivity contribution in [3.05, 3.63) is 60.7 Å². The van der Waals surface area contributed by atoms with Crippen molar-refractivity contribution in [3.8, 4) is 0 Å². The summed E-state index contributed by atoms with van der Waals surface area (Å²) < 4.78 is 0. The van der Waals surface area contributed by atoms with Gasteiger partial charge < -0.3 is 0 Å². The maximum atomic E-state index is 2.99. The van der Waals surface area contributed by atoms with Gasteiger partial charge in [0, 0.05) is 0 Å². The highest BCUT2D eigenvalue weighted by Crippen LogP contribution is 1.86. The van der Waals surface area contributed by atoms with Crippen LogP contribution >= 0.6 is 0 Å². The summed E-state index contributed by atoms with van der Waals surface area (Å²) >= 11 is 0. The van der Waals surface area contributed by atoms with Gasteiger partial charge in [0.25, 0.3) is 0 Å². The zero-order chi connectivity index (χ0) is 9.80. The Labute approximate surface area is 88.6 Å². The first-order valence-corrected chi connectivity index (χ1v) is 7.92. The van der Waals surface area contributed by atoms with Crippen LogP contribution in [0, 0.1) is 0 Å². The summed E-state index contributed by atoms with van der Waals surface area (Å²) in [6.45, 7) is 0. The molecule has 0 unspecified atom stereocenters. The SMILES string of the molecule is [SiH]=[Si](c1ccccc1)c1ccccc1. The first-order chi connectivity index (χ1) is 6.88. The molecule has 0 fully saturated rings. The Balaban J connectivity index is 2.35. The molecule has 0 spiro atoms. The smallest absolute Gasteiger partial charge is 0.0543 e. The van der Waals surface area contributed by atoms with Crippen LogP contribution in [-0.2, 0) is 0 Å². The van der Waals surface area contributed by atoms with Crippen LogP contribution < -0.4 is 10.4 Å². The van der Waals surface area contributed by atoms with Crippen LogP contribution in [0.15, 0.2) is 60.7 Å². The van der Waals surface area contributed by atoms with E-state index in [2.05, 4.69) is 70.0 Å². The fraction of sp³-hybridized carbons (Fsp3) is 0. The first kappa shape index (κ1) is 9.43. The Bertz CT molecular complexity index is 379. The molecule has 2 aromatic carbocycles. The Morgan fingerprint density at radius 3 is 1.36 bits per heavy atom. The molecular weight excluding hydrogens is 200 g/mol. The van der Waals surface area contributed by atoms with Gasteiger partial charge in [-0.3, -0.25) is 0 Å². The highest BCUT2D eigenvalue weighted by atomic mass is 28.9. The lowest BCUT2D eigenvalue weighted by Gasteiger charge is -2.04. The quantitative estimate of drug-likeness (QED) is 0.641. The summed E-state index contributed by atoms with van der Waals surface area (Å²) in [5.74, 6) is 0. The summed E-state index contributed by atoms with van der Waals surface area (Å²) in [7, 11) is 2.36. The molecule has 2 aromatic rings. The van der Waals surface area contributed by atoms with E-state index in [1.54, 1.807) is 0 Å². The van der Waals surface area contributed by atoms with Crippen LogP contribution in [0.2, 0.25) is 0 Å². The molecule has 0 aliphatic heterocycles. The Morgan fingerprint density at radius 2 is 1.00 bits per heavy atom. The topological polar surface area (TPSA) is 0 Å². The van der Waals surface area contributed by atoms with E-state index in [4.69, 9.17) is 0 Å². The summed E-state index contributed by atoms with van der Waals surface area (Å²) in [6.07, 6.45) is 0. The van der Waals surface area contributed by atoms with Gasteiger partial charge >= 0.3 is 0 Å². The molecule has 1 radical (unpaired) electrons. The van der Waals surface area contributed by atoms with Gasteiger partial charge in [0.1, 0.15) is 0 Å². The summed E-state index contributed by atoms with van der Waals surface area (Å²) in [5.41, 5.74) is 0. The van der Waals surface area contributed by atoms with E-state index in [1.807, 2.05) is 0 Å². The molecule has 0 atom stereocenters. The predicted octanol–water partition coefficient (Wildman–Crippen LogP) is 0.693. The molecule has 0 N–H and O–H groups in total. The number of hydrogen-bond acceptors (Lipinski definition) is 0. The van der Waals surface area contributed by atoms with Crippen LogP contribution in [0.5, 0.6) is 0 Å². The molecule has 67 valence electrons. The van der Waals surface area contributed by atoms with Gasteiger partial charge in [0.05, 0.1) is 7.89 Å². The largest absolute Gasteiger partial charge is 0.0623 e. The minimum absolute atomic E-state index is 0.628. The lowest BCUT2D eigenvalue weighted by atomic mass is 10.4. The van der Waals surface area contributed by atoms with E-state index in [0.29, 0.717) is 0 Å². The Hall–Kier alpha value is -1.13. The van der Waals surface area contributed by atoms with Crippen molar-refractivity contribution in [3.63, 3.8) is 0 Å². The van der Waals surface area contributed by atoms with Gasteiger partial charge in [-0.1, -0.05) is 60.7 Å². The van der Waals surface area contributed by atoms with Crippen molar-refractivity contribution in [2.24, 2.45) is 0 Å². The monoisotopic (exact) mass is 211 g/mol. The van der Waals surface area contributed by atoms with Crippen LogP contribution in [-0.4, -0.2) is 17.2 Å². The van der Waals surface area contributed by atoms with Crippen LogP contribution in [0.1, 0.15) is 0 Å². The second-order valence-corrected chi connectivity index (χ2v) is 6.86. The highest BCUT2D eigenvalue weighted by Gasteiger charge is 2.00. The van der Waals surface area contributed by atoms with Gasteiger partial charge in [-0.25, -0.2) is 0 Å².